The highest BCUT2D eigenvalue weighted by molar-refractivity contribution is 5.85. The fourth-order valence-electron chi connectivity index (χ4n) is 4.15. The van der Waals surface area contributed by atoms with Crippen LogP contribution < -0.4 is 9.47 Å². The lowest BCUT2D eigenvalue weighted by Crippen LogP contribution is -2.53. The Bertz CT molecular complexity index is 561. The molecular weight excluding hydrogens is 352 g/mol. The van der Waals surface area contributed by atoms with Gasteiger partial charge >= 0.3 is 0 Å². The quantitative estimate of drug-likeness (QED) is 0.756. The largest absolute Gasteiger partial charge is 0.497 e. The third-order valence-electron chi connectivity index (χ3n) is 5.62. The zero-order chi connectivity index (χ0) is 17.6. The standard InChI is InChI=1S/C20H30N2O3.ClH/c1-21(18-7-3-4-8-19(18)22-13-5-6-14-22)20(23)15-25-17-11-9-16(24-2)10-12-17;/h9-12,18-19H,3-8,13-15H2,1-2H3;1H/t18-,19-;/m1./s1. The maximum atomic E-state index is 12.7. The van der Waals surface area contributed by atoms with Crippen molar-refractivity contribution in [3.8, 4) is 11.5 Å². The topological polar surface area (TPSA) is 42.0 Å². The summed E-state index contributed by atoms with van der Waals surface area (Å²) in [5, 5.41) is 0. The molecule has 3 rings (SSSR count). The summed E-state index contributed by atoms with van der Waals surface area (Å²) in [6.45, 7) is 2.46. The lowest BCUT2D eigenvalue weighted by atomic mass is 9.88. The summed E-state index contributed by atoms with van der Waals surface area (Å²) < 4.78 is 10.8. The van der Waals surface area contributed by atoms with Crippen molar-refractivity contribution >= 4 is 18.3 Å². The molecule has 0 N–H and O–H groups in total. The number of carbonyl (C=O) groups is 1. The van der Waals surface area contributed by atoms with E-state index in [-0.39, 0.29) is 24.9 Å². The number of nitrogens with zero attached hydrogens (tertiary/aromatic N) is 2. The molecule has 0 aromatic heterocycles. The first-order valence-corrected chi connectivity index (χ1v) is 9.45. The Morgan fingerprint density at radius 2 is 1.69 bits per heavy atom. The van der Waals surface area contributed by atoms with E-state index in [1.165, 1.54) is 45.2 Å². The average Bonchev–Trinajstić information content (AvgIpc) is 3.20. The molecule has 2 atom stereocenters. The molecule has 1 saturated carbocycles. The van der Waals surface area contributed by atoms with Gasteiger partial charge in [0.2, 0.25) is 0 Å². The molecule has 1 heterocycles. The molecule has 6 heteroatoms. The van der Waals surface area contributed by atoms with Gasteiger partial charge in [0.05, 0.1) is 7.11 Å². The van der Waals surface area contributed by atoms with Crippen LogP contribution in [-0.4, -0.2) is 61.6 Å². The first-order valence-electron chi connectivity index (χ1n) is 9.45. The third kappa shape index (κ3) is 5.04. The number of rotatable bonds is 6. The fraction of sp³-hybridized carbons (Fsp3) is 0.650. The van der Waals surface area contributed by atoms with Gasteiger partial charge in [-0.2, -0.15) is 0 Å². The first kappa shape index (κ1) is 20.8. The molecule has 1 amide bonds. The molecule has 0 radical (unpaired) electrons. The van der Waals surface area contributed by atoms with Crippen LogP contribution in [-0.2, 0) is 4.79 Å². The molecule has 0 bridgehead atoms. The summed E-state index contributed by atoms with van der Waals surface area (Å²) in [6, 6.07) is 8.19. The number of amides is 1. The zero-order valence-electron chi connectivity index (χ0n) is 15.9. The number of benzene rings is 1. The molecule has 1 saturated heterocycles. The van der Waals surface area contributed by atoms with Gasteiger partial charge in [0.15, 0.2) is 6.61 Å². The Kier molecular flexibility index (Phi) is 8.04. The van der Waals surface area contributed by atoms with Crippen molar-refractivity contribution in [2.24, 2.45) is 0 Å². The highest BCUT2D eigenvalue weighted by atomic mass is 35.5. The van der Waals surface area contributed by atoms with E-state index in [1.54, 1.807) is 7.11 Å². The summed E-state index contributed by atoms with van der Waals surface area (Å²) in [7, 11) is 3.58. The van der Waals surface area contributed by atoms with E-state index in [0.29, 0.717) is 17.8 Å². The van der Waals surface area contributed by atoms with Crippen molar-refractivity contribution in [1.82, 2.24) is 9.80 Å². The number of halogens is 1. The number of hydrogen-bond acceptors (Lipinski definition) is 4. The number of hydrogen-bond donors (Lipinski definition) is 0. The summed E-state index contributed by atoms with van der Waals surface area (Å²) in [5.41, 5.74) is 0. The van der Waals surface area contributed by atoms with Crippen LogP contribution in [0, 0.1) is 0 Å². The van der Waals surface area contributed by atoms with Crippen molar-refractivity contribution in [2.75, 3.05) is 33.9 Å². The van der Waals surface area contributed by atoms with E-state index in [0.717, 1.165) is 12.2 Å². The Morgan fingerprint density at radius 1 is 1.08 bits per heavy atom. The fourth-order valence-corrected chi connectivity index (χ4v) is 4.15. The maximum absolute atomic E-state index is 12.7. The maximum Gasteiger partial charge on any atom is 0.260 e. The molecule has 0 unspecified atom stereocenters. The van der Waals surface area contributed by atoms with Crippen LogP contribution in [0.3, 0.4) is 0 Å². The summed E-state index contributed by atoms with van der Waals surface area (Å²) in [6.07, 6.45) is 7.39. The monoisotopic (exact) mass is 382 g/mol. The minimum atomic E-state index is 0. The van der Waals surface area contributed by atoms with Crippen LogP contribution in [0.4, 0.5) is 0 Å². The van der Waals surface area contributed by atoms with Gasteiger partial charge in [-0.05, 0) is 63.0 Å². The third-order valence-corrected chi connectivity index (χ3v) is 5.62. The Balaban J connectivity index is 0.00000243. The average molecular weight is 383 g/mol. The minimum absolute atomic E-state index is 0. The van der Waals surface area contributed by atoms with E-state index in [1.807, 2.05) is 36.2 Å². The van der Waals surface area contributed by atoms with Gasteiger partial charge in [0.25, 0.3) is 5.91 Å². The second-order valence-electron chi connectivity index (χ2n) is 7.13. The van der Waals surface area contributed by atoms with E-state index >= 15 is 0 Å². The lowest BCUT2D eigenvalue weighted by Gasteiger charge is -2.42. The van der Waals surface area contributed by atoms with Crippen LogP contribution in [0.1, 0.15) is 38.5 Å². The molecule has 1 aromatic rings. The molecule has 146 valence electrons. The molecule has 2 fully saturated rings. The Hall–Kier alpha value is -1.46. The SMILES string of the molecule is COc1ccc(OCC(=O)N(C)[C@@H]2CCCC[C@H]2N2CCCC2)cc1.Cl. The van der Waals surface area contributed by atoms with Crippen molar-refractivity contribution in [1.29, 1.82) is 0 Å². The van der Waals surface area contributed by atoms with Crippen LogP contribution in [0.25, 0.3) is 0 Å². The molecule has 0 spiro atoms. The Morgan fingerprint density at radius 3 is 2.35 bits per heavy atom. The highest BCUT2D eigenvalue weighted by Crippen LogP contribution is 2.29. The summed E-state index contributed by atoms with van der Waals surface area (Å²) in [5.74, 6) is 1.54. The van der Waals surface area contributed by atoms with Gasteiger partial charge in [0, 0.05) is 19.1 Å². The van der Waals surface area contributed by atoms with Crippen LogP contribution >= 0.6 is 12.4 Å². The van der Waals surface area contributed by atoms with E-state index < -0.39 is 0 Å². The van der Waals surface area contributed by atoms with Gasteiger partial charge < -0.3 is 14.4 Å². The Labute approximate surface area is 163 Å². The first-order chi connectivity index (χ1) is 12.2. The van der Waals surface area contributed by atoms with Gasteiger partial charge in [-0.25, -0.2) is 0 Å². The van der Waals surface area contributed by atoms with Gasteiger partial charge in [-0.15, -0.1) is 12.4 Å². The normalized spacial score (nSPS) is 23.2. The number of likely N-dealkylation sites (tertiary alicyclic amines) is 1. The van der Waals surface area contributed by atoms with E-state index in [9.17, 15) is 4.79 Å². The van der Waals surface area contributed by atoms with Crippen LogP contribution in [0.2, 0.25) is 0 Å². The van der Waals surface area contributed by atoms with Crippen molar-refractivity contribution < 1.29 is 14.3 Å². The minimum Gasteiger partial charge on any atom is -0.497 e. The predicted molar refractivity (Wildman–Crippen MR) is 105 cm³/mol. The molecule has 1 aliphatic heterocycles. The predicted octanol–water partition coefficient (Wildman–Crippen LogP) is 3.36. The van der Waals surface area contributed by atoms with Crippen LogP contribution in [0.15, 0.2) is 24.3 Å². The number of methoxy groups -OCH3 is 1. The van der Waals surface area contributed by atoms with Gasteiger partial charge in [0.1, 0.15) is 11.5 Å². The second-order valence-corrected chi connectivity index (χ2v) is 7.13. The van der Waals surface area contributed by atoms with Crippen molar-refractivity contribution in [3.05, 3.63) is 24.3 Å². The summed E-state index contributed by atoms with van der Waals surface area (Å²) >= 11 is 0. The highest BCUT2D eigenvalue weighted by Gasteiger charge is 2.35. The molecule has 2 aliphatic rings. The molecular formula is C20H31ClN2O3. The van der Waals surface area contributed by atoms with Gasteiger partial charge in [-0.3, -0.25) is 9.69 Å². The molecule has 1 aliphatic carbocycles. The summed E-state index contributed by atoms with van der Waals surface area (Å²) in [4.78, 5) is 17.2. The van der Waals surface area contributed by atoms with Crippen LogP contribution in [0.5, 0.6) is 11.5 Å². The molecule has 1 aromatic carbocycles. The van der Waals surface area contributed by atoms with Gasteiger partial charge in [-0.1, -0.05) is 12.8 Å². The number of ether oxygens (including phenoxy) is 2. The smallest absolute Gasteiger partial charge is 0.260 e. The van der Waals surface area contributed by atoms with Crippen molar-refractivity contribution in [2.45, 2.75) is 50.6 Å². The zero-order valence-corrected chi connectivity index (χ0v) is 16.7. The lowest BCUT2D eigenvalue weighted by molar-refractivity contribution is -0.136. The molecule has 26 heavy (non-hydrogen) atoms. The number of carbonyl (C=O) groups excluding carboxylic acids is 1. The van der Waals surface area contributed by atoms with Crippen molar-refractivity contribution in [3.63, 3.8) is 0 Å². The molecule has 5 nitrogen and oxygen atoms in total. The van der Waals surface area contributed by atoms with E-state index in [2.05, 4.69) is 4.90 Å². The van der Waals surface area contributed by atoms with E-state index in [4.69, 9.17) is 9.47 Å². The second kappa shape index (κ2) is 10.0. The number of likely N-dealkylation sites (N-methyl/N-ethyl adjacent to an activating group) is 1.